The first kappa shape index (κ1) is 15.2. The van der Waals surface area contributed by atoms with Crippen molar-refractivity contribution in [2.24, 2.45) is 0 Å². The van der Waals surface area contributed by atoms with E-state index >= 15 is 0 Å². The third-order valence-electron chi connectivity index (χ3n) is 3.16. The lowest BCUT2D eigenvalue weighted by Gasteiger charge is -2.25. The van der Waals surface area contributed by atoms with Crippen LogP contribution in [0.3, 0.4) is 0 Å². The van der Waals surface area contributed by atoms with Crippen LogP contribution in [0.5, 0.6) is 0 Å². The Morgan fingerprint density at radius 1 is 1.25 bits per heavy atom. The summed E-state index contributed by atoms with van der Waals surface area (Å²) in [5.41, 5.74) is 1.14. The van der Waals surface area contributed by atoms with E-state index in [0.717, 1.165) is 5.56 Å². The van der Waals surface area contributed by atoms with Crippen LogP contribution < -0.4 is 0 Å². The van der Waals surface area contributed by atoms with Crippen LogP contribution in [-0.4, -0.2) is 17.9 Å². The van der Waals surface area contributed by atoms with E-state index in [1.165, 1.54) is 12.3 Å². The monoisotopic (exact) mass is 331 g/mol. The Kier molecular flexibility index (Phi) is 4.63. The molecule has 0 N–H and O–H groups in total. The van der Waals surface area contributed by atoms with Crippen molar-refractivity contribution in [2.75, 3.05) is 7.05 Å². The molecular formula is C14H12Cl3NO2. The fourth-order valence-electron chi connectivity index (χ4n) is 1.86. The predicted octanol–water partition coefficient (Wildman–Crippen LogP) is 5.07. The van der Waals surface area contributed by atoms with E-state index in [9.17, 15) is 4.79 Å². The minimum absolute atomic E-state index is 0.0799. The maximum atomic E-state index is 12.3. The van der Waals surface area contributed by atoms with Gasteiger partial charge in [0.1, 0.15) is 0 Å². The normalized spacial score (nSPS) is 12.2. The first-order chi connectivity index (χ1) is 9.41. The Hall–Kier alpha value is -1.16. The molecule has 1 aromatic carbocycles. The number of benzene rings is 1. The number of halogens is 3. The average molecular weight is 333 g/mol. The molecule has 0 aliphatic heterocycles. The molecule has 0 radical (unpaired) electrons. The summed E-state index contributed by atoms with van der Waals surface area (Å²) in [5.74, 6) is -0.234. The van der Waals surface area contributed by atoms with Crippen LogP contribution in [0.25, 0.3) is 0 Å². The second-order valence-corrected chi connectivity index (χ2v) is 5.55. The molecule has 0 spiro atoms. The molecular weight excluding hydrogens is 321 g/mol. The van der Waals surface area contributed by atoms with Gasteiger partial charge in [-0.3, -0.25) is 4.79 Å². The summed E-state index contributed by atoms with van der Waals surface area (Å²) in [6.45, 7) is 1.88. The summed E-state index contributed by atoms with van der Waals surface area (Å²) >= 11 is 17.9. The van der Waals surface area contributed by atoms with E-state index in [0.29, 0.717) is 15.6 Å². The van der Waals surface area contributed by atoms with E-state index in [1.807, 2.05) is 6.92 Å². The first-order valence-corrected chi connectivity index (χ1v) is 7.00. The van der Waals surface area contributed by atoms with Gasteiger partial charge >= 0.3 is 0 Å². The number of nitrogens with zero attached hydrogens (tertiary/aromatic N) is 1. The van der Waals surface area contributed by atoms with Crippen LogP contribution >= 0.6 is 34.8 Å². The molecule has 20 heavy (non-hydrogen) atoms. The second-order valence-electron chi connectivity index (χ2n) is 4.37. The summed E-state index contributed by atoms with van der Waals surface area (Å²) < 4.78 is 4.94. The summed E-state index contributed by atoms with van der Waals surface area (Å²) in [6.07, 6.45) is 1.38. The fraction of sp³-hybridized carbons (Fsp3) is 0.214. The van der Waals surface area contributed by atoms with Crippen molar-refractivity contribution in [3.63, 3.8) is 0 Å². The maximum Gasteiger partial charge on any atom is 0.258 e. The average Bonchev–Trinajstić information content (AvgIpc) is 2.82. The highest BCUT2D eigenvalue weighted by atomic mass is 35.5. The van der Waals surface area contributed by atoms with Crippen molar-refractivity contribution in [1.82, 2.24) is 4.90 Å². The molecule has 1 aromatic heterocycles. The minimum Gasteiger partial charge on any atom is -0.452 e. The van der Waals surface area contributed by atoms with Crippen molar-refractivity contribution >= 4 is 40.7 Å². The first-order valence-electron chi connectivity index (χ1n) is 5.87. The van der Waals surface area contributed by atoms with E-state index in [4.69, 9.17) is 39.2 Å². The molecule has 1 heterocycles. The molecule has 6 heteroatoms. The Morgan fingerprint density at radius 3 is 2.50 bits per heavy atom. The van der Waals surface area contributed by atoms with Gasteiger partial charge in [-0.1, -0.05) is 29.3 Å². The molecule has 0 saturated carbocycles. The van der Waals surface area contributed by atoms with Gasteiger partial charge in [0.25, 0.3) is 5.91 Å². The zero-order valence-electron chi connectivity index (χ0n) is 10.9. The summed E-state index contributed by atoms with van der Waals surface area (Å²) in [5, 5.41) is 1.15. The van der Waals surface area contributed by atoms with Gasteiger partial charge in [0.15, 0.2) is 0 Å². The standard InChI is InChI=1S/C14H12Cl3NO2/c1-8(10-4-3-9(15)7-12(10)16)18(2)14(19)11-5-6-20-13(11)17/h3-8H,1-2H3. The molecule has 2 rings (SSSR count). The van der Waals surface area contributed by atoms with Gasteiger partial charge in [0.05, 0.1) is 17.9 Å². The summed E-state index contributed by atoms with van der Waals surface area (Å²) in [7, 11) is 1.68. The number of amides is 1. The number of rotatable bonds is 3. The van der Waals surface area contributed by atoms with E-state index in [-0.39, 0.29) is 17.2 Å². The van der Waals surface area contributed by atoms with Gasteiger partial charge < -0.3 is 9.32 Å². The molecule has 1 unspecified atom stereocenters. The molecule has 2 aromatic rings. The maximum absolute atomic E-state index is 12.3. The molecule has 0 aliphatic rings. The van der Waals surface area contributed by atoms with Crippen LogP contribution in [0, 0.1) is 0 Å². The van der Waals surface area contributed by atoms with Crippen molar-refractivity contribution in [1.29, 1.82) is 0 Å². The third kappa shape index (κ3) is 2.95. The summed E-state index contributed by atoms with van der Waals surface area (Å²) in [4.78, 5) is 13.9. The Bertz CT molecular complexity index is 639. The molecule has 106 valence electrons. The lowest BCUT2D eigenvalue weighted by atomic mass is 10.1. The highest BCUT2D eigenvalue weighted by Gasteiger charge is 2.23. The SMILES string of the molecule is CC(c1ccc(Cl)cc1Cl)N(C)C(=O)c1ccoc1Cl. The number of carbonyl (C=O) groups is 1. The molecule has 1 amide bonds. The Balaban J connectivity index is 2.26. The van der Waals surface area contributed by atoms with Crippen LogP contribution in [0.1, 0.15) is 28.9 Å². The molecule has 0 fully saturated rings. The van der Waals surface area contributed by atoms with E-state index < -0.39 is 0 Å². The number of hydrogen-bond acceptors (Lipinski definition) is 2. The number of carbonyl (C=O) groups excluding carboxylic acids is 1. The van der Waals surface area contributed by atoms with Gasteiger partial charge in [-0.25, -0.2) is 0 Å². The van der Waals surface area contributed by atoms with Crippen LogP contribution in [-0.2, 0) is 0 Å². The number of furan rings is 1. The highest BCUT2D eigenvalue weighted by Crippen LogP contribution is 2.30. The van der Waals surface area contributed by atoms with Gasteiger partial charge in [-0.2, -0.15) is 0 Å². The largest absolute Gasteiger partial charge is 0.452 e. The Labute approximate surface area is 132 Å². The molecule has 0 aliphatic carbocycles. The van der Waals surface area contributed by atoms with Crippen molar-refractivity contribution in [2.45, 2.75) is 13.0 Å². The quantitative estimate of drug-likeness (QED) is 0.786. The Morgan fingerprint density at radius 2 is 1.95 bits per heavy atom. The van der Waals surface area contributed by atoms with Crippen LogP contribution in [0.15, 0.2) is 34.9 Å². The lowest BCUT2D eigenvalue weighted by molar-refractivity contribution is 0.0742. The van der Waals surface area contributed by atoms with Crippen molar-refractivity contribution < 1.29 is 9.21 Å². The summed E-state index contributed by atoms with van der Waals surface area (Å²) in [6, 6.07) is 6.51. The molecule has 3 nitrogen and oxygen atoms in total. The van der Waals surface area contributed by atoms with Crippen molar-refractivity contribution in [3.8, 4) is 0 Å². The zero-order chi connectivity index (χ0) is 14.9. The fourth-order valence-corrected chi connectivity index (χ4v) is 2.62. The zero-order valence-corrected chi connectivity index (χ0v) is 13.1. The van der Waals surface area contributed by atoms with Gasteiger partial charge in [-0.15, -0.1) is 0 Å². The van der Waals surface area contributed by atoms with Gasteiger partial charge in [0.2, 0.25) is 5.22 Å². The van der Waals surface area contributed by atoms with Crippen molar-refractivity contribution in [3.05, 3.63) is 56.9 Å². The highest BCUT2D eigenvalue weighted by molar-refractivity contribution is 6.35. The third-order valence-corrected chi connectivity index (χ3v) is 4.02. The lowest BCUT2D eigenvalue weighted by Crippen LogP contribution is -2.29. The van der Waals surface area contributed by atoms with Gasteiger partial charge in [0, 0.05) is 17.1 Å². The number of hydrogen-bond donors (Lipinski definition) is 0. The molecule has 0 bridgehead atoms. The smallest absolute Gasteiger partial charge is 0.258 e. The molecule has 1 atom stereocenters. The van der Waals surface area contributed by atoms with E-state index in [2.05, 4.69) is 0 Å². The van der Waals surface area contributed by atoms with E-state index in [1.54, 1.807) is 30.1 Å². The topological polar surface area (TPSA) is 33.5 Å². The predicted molar refractivity (Wildman–Crippen MR) is 80.7 cm³/mol. The minimum atomic E-state index is -0.234. The van der Waals surface area contributed by atoms with Crippen LogP contribution in [0.4, 0.5) is 0 Å². The van der Waals surface area contributed by atoms with Gasteiger partial charge in [-0.05, 0) is 42.3 Å². The van der Waals surface area contributed by atoms with Crippen LogP contribution in [0.2, 0.25) is 15.3 Å². The molecule has 0 saturated heterocycles. The second kappa shape index (κ2) is 6.08.